The minimum Gasteiger partial charge on any atom is -0.350 e. The van der Waals surface area contributed by atoms with Crippen molar-refractivity contribution < 1.29 is 22.9 Å². The van der Waals surface area contributed by atoms with Crippen molar-refractivity contribution in [3.05, 3.63) is 74.8 Å². The molecule has 2 aromatic carbocycles. The Morgan fingerprint density at radius 1 is 1.11 bits per heavy atom. The number of nitrogens with one attached hydrogen (secondary N) is 3. The van der Waals surface area contributed by atoms with Crippen LogP contribution >= 0.6 is 11.3 Å². The fourth-order valence-electron chi connectivity index (χ4n) is 3.78. The average Bonchev–Trinajstić information content (AvgIpc) is 3.25. The zero-order valence-corrected chi connectivity index (χ0v) is 21.6. The highest BCUT2D eigenvalue weighted by Crippen LogP contribution is 2.33. The van der Waals surface area contributed by atoms with Crippen LogP contribution in [0.2, 0.25) is 0 Å². The second kappa shape index (κ2) is 10.6. The maximum absolute atomic E-state index is 13.2. The van der Waals surface area contributed by atoms with Crippen LogP contribution in [0.25, 0.3) is 0 Å². The van der Waals surface area contributed by atoms with E-state index in [1.807, 2.05) is 13.8 Å². The molecule has 0 aliphatic carbocycles. The van der Waals surface area contributed by atoms with Crippen LogP contribution in [0.4, 0.5) is 21.3 Å². The van der Waals surface area contributed by atoms with Gasteiger partial charge in [-0.3, -0.25) is 20.2 Å². The summed E-state index contributed by atoms with van der Waals surface area (Å²) < 4.78 is 27.5. The highest BCUT2D eigenvalue weighted by atomic mass is 32.2. The number of thiazole rings is 1. The topological polar surface area (TPSA) is 164 Å². The third kappa shape index (κ3) is 5.76. The van der Waals surface area contributed by atoms with Crippen molar-refractivity contribution in [2.75, 3.05) is 17.2 Å². The predicted molar refractivity (Wildman–Crippen MR) is 138 cm³/mol. The smallest absolute Gasteiger partial charge is 0.325 e. The number of nitro benzene ring substituents is 1. The molecule has 194 valence electrons. The number of carbonyl (C=O) groups excluding carboxylic acids is 2. The van der Waals surface area contributed by atoms with Crippen molar-refractivity contribution in [1.82, 2.24) is 14.6 Å². The zero-order valence-electron chi connectivity index (χ0n) is 19.9. The predicted octanol–water partition coefficient (Wildman–Crippen LogP) is 3.58. The van der Waals surface area contributed by atoms with Crippen LogP contribution in [0.5, 0.6) is 0 Å². The number of anilines is 2. The molecule has 0 radical (unpaired) electrons. The first-order valence-electron chi connectivity index (χ1n) is 11.3. The van der Waals surface area contributed by atoms with E-state index in [1.54, 1.807) is 24.3 Å². The van der Waals surface area contributed by atoms with E-state index in [2.05, 4.69) is 20.9 Å². The van der Waals surface area contributed by atoms with Crippen molar-refractivity contribution in [2.45, 2.75) is 37.8 Å². The Kier molecular flexibility index (Phi) is 7.52. The van der Waals surface area contributed by atoms with Crippen LogP contribution in [0.1, 0.15) is 34.8 Å². The van der Waals surface area contributed by atoms with Crippen LogP contribution in [-0.2, 0) is 23.0 Å². The molecular weight excluding hydrogens is 520 g/mol. The standard InChI is InChI=1S/C23H24N6O6S2/c1-14(2)24-21(30)15-7-3-4-8-16(15)25-22(31)27-23-26-17-11-12-28(13-19(17)36-23)37(34,35)20-10-6-5-9-18(20)29(32)33/h3-10,14H,11-13H2,1-2H3,(H,24,30)(H2,25,26,27,31). The molecule has 4 rings (SSSR count). The number of benzene rings is 2. The van der Waals surface area contributed by atoms with Crippen molar-refractivity contribution in [3.8, 4) is 0 Å². The van der Waals surface area contributed by atoms with E-state index in [4.69, 9.17) is 0 Å². The quantitative estimate of drug-likeness (QED) is 0.302. The van der Waals surface area contributed by atoms with Gasteiger partial charge in [0.1, 0.15) is 0 Å². The van der Waals surface area contributed by atoms with Gasteiger partial charge in [-0.25, -0.2) is 18.2 Å². The number of para-hydroxylation sites is 2. The second-order valence-electron chi connectivity index (χ2n) is 8.46. The summed E-state index contributed by atoms with van der Waals surface area (Å²) in [7, 11) is -4.12. The molecule has 1 aliphatic rings. The van der Waals surface area contributed by atoms with E-state index in [1.165, 1.54) is 22.5 Å². The van der Waals surface area contributed by atoms with Crippen LogP contribution in [0.3, 0.4) is 0 Å². The first-order valence-corrected chi connectivity index (χ1v) is 13.5. The van der Waals surface area contributed by atoms with E-state index in [0.717, 1.165) is 17.4 Å². The lowest BCUT2D eigenvalue weighted by molar-refractivity contribution is -0.387. The molecule has 1 aromatic heterocycles. The Bertz CT molecular complexity index is 1470. The molecule has 0 spiro atoms. The van der Waals surface area contributed by atoms with Crippen LogP contribution in [0.15, 0.2) is 53.4 Å². The molecule has 14 heteroatoms. The molecule has 0 bridgehead atoms. The monoisotopic (exact) mass is 544 g/mol. The highest BCUT2D eigenvalue weighted by molar-refractivity contribution is 7.89. The van der Waals surface area contributed by atoms with Gasteiger partial charge in [0.25, 0.3) is 11.6 Å². The number of urea groups is 1. The number of hydrogen-bond donors (Lipinski definition) is 3. The third-order valence-corrected chi connectivity index (χ3v) is 8.33. The average molecular weight is 545 g/mol. The number of hydrogen-bond acceptors (Lipinski definition) is 8. The number of nitro groups is 1. The molecule has 37 heavy (non-hydrogen) atoms. The molecule has 3 N–H and O–H groups in total. The van der Waals surface area contributed by atoms with E-state index in [0.29, 0.717) is 21.8 Å². The molecule has 0 unspecified atom stereocenters. The fourth-order valence-corrected chi connectivity index (χ4v) is 6.44. The molecule has 0 saturated carbocycles. The summed E-state index contributed by atoms with van der Waals surface area (Å²) in [4.78, 5) is 40.4. The SMILES string of the molecule is CC(C)NC(=O)c1ccccc1NC(=O)Nc1nc2c(s1)CN(S(=O)(=O)c1ccccc1[N+](=O)[O-])CC2. The highest BCUT2D eigenvalue weighted by Gasteiger charge is 2.34. The number of nitrogens with zero attached hydrogens (tertiary/aromatic N) is 3. The van der Waals surface area contributed by atoms with Gasteiger partial charge in [0.2, 0.25) is 10.0 Å². The Hall–Kier alpha value is -3.88. The number of carbonyl (C=O) groups is 2. The molecule has 0 atom stereocenters. The van der Waals surface area contributed by atoms with Gasteiger partial charge in [-0.05, 0) is 32.0 Å². The van der Waals surface area contributed by atoms with Crippen molar-refractivity contribution in [2.24, 2.45) is 0 Å². The van der Waals surface area contributed by atoms with Gasteiger partial charge in [0.05, 0.1) is 28.4 Å². The van der Waals surface area contributed by atoms with Gasteiger partial charge < -0.3 is 10.6 Å². The minimum atomic E-state index is -4.12. The molecule has 0 saturated heterocycles. The molecule has 0 fully saturated rings. The van der Waals surface area contributed by atoms with Gasteiger partial charge in [-0.15, -0.1) is 0 Å². The lowest BCUT2D eigenvalue weighted by atomic mass is 10.1. The first kappa shape index (κ1) is 26.2. The summed E-state index contributed by atoms with van der Waals surface area (Å²) >= 11 is 1.12. The summed E-state index contributed by atoms with van der Waals surface area (Å²) in [5, 5.41) is 19.7. The summed E-state index contributed by atoms with van der Waals surface area (Å²) in [6.07, 6.45) is 0.285. The van der Waals surface area contributed by atoms with Gasteiger partial charge in [-0.1, -0.05) is 35.6 Å². The summed E-state index contributed by atoms with van der Waals surface area (Å²) in [6, 6.07) is 11.1. The van der Waals surface area contributed by atoms with Gasteiger partial charge in [0, 0.05) is 30.0 Å². The zero-order chi connectivity index (χ0) is 26.7. The lowest BCUT2D eigenvalue weighted by Crippen LogP contribution is -2.35. The largest absolute Gasteiger partial charge is 0.350 e. The summed E-state index contributed by atoms with van der Waals surface area (Å²) in [5.41, 5.74) is 0.784. The number of amides is 3. The van der Waals surface area contributed by atoms with E-state index < -0.39 is 26.7 Å². The summed E-state index contributed by atoms with van der Waals surface area (Å²) in [5.74, 6) is -0.324. The molecule has 1 aliphatic heterocycles. The maximum Gasteiger partial charge on any atom is 0.325 e. The Labute approximate surface area is 216 Å². The Morgan fingerprint density at radius 3 is 2.54 bits per heavy atom. The van der Waals surface area contributed by atoms with E-state index in [9.17, 15) is 28.1 Å². The fraction of sp³-hybridized carbons (Fsp3) is 0.261. The Balaban J connectivity index is 1.47. The second-order valence-corrected chi connectivity index (χ2v) is 11.4. The molecular formula is C23H24N6O6S2. The van der Waals surface area contributed by atoms with E-state index >= 15 is 0 Å². The summed E-state index contributed by atoms with van der Waals surface area (Å²) in [6.45, 7) is 3.73. The third-order valence-electron chi connectivity index (χ3n) is 5.44. The number of fused-ring (bicyclic) bond motifs is 1. The van der Waals surface area contributed by atoms with Crippen LogP contribution in [0, 0.1) is 10.1 Å². The number of aromatic nitrogens is 1. The van der Waals surface area contributed by atoms with Gasteiger partial charge in [0.15, 0.2) is 10.0 Å². The van der Waals surface area contributed by atoms with E-state index in [-0.39, 0.29) is 41.5 Å². The van der Waals surface area contributed by atoms with Crippen molar-refractivity contribution in [1.29, 1.82) is 0 Å². The Morgan fingerprint density at radius 2 is 1.81 bits per heavy atom. The normalized spacial score (nSPS) is 13.6. The van der Waals surface area contributed by atoms with Gasteiger partial charge in [-0.2, -0.15) is 4.31 Å². The number of rotatable bonds is 7. The van der Waals surface area contributed by atoms with Gasteiger partial charge >= 0.3 is 6.03 Å². The molecule has 3 aromatic rings. The van der Waals surface area contributed by atoms with Crippen LogP contribution < -0.4 is 16.0 Å². The van der Waals surface area contributed by atoms with Crippen LogP contribution in [-0.4, -0.2) is 47.2 Å². The molecule has 3 amide bonds. The number of sulfonamides is 1. The molecule has 12 nitrogen and oxygen atoms in total. The van der Waals surface area contributed by atoms with Crippen molar-refractivity contribution >= 4 is 49.8 Å². The lowest BCUT2D eigenvalue weighted by Gasteiger charge is -2.25. The first-order chi connectivity index (χ1) is 17.6. The van der Waals surface area contributed by atoms with Crippen molar-refractivity contribution in [3.63, 3.8) is 0 Å². The maximum atomic E-state index is 13.2. The molecule has 2 heterocycles. The minimum absolute atomic E-state index is 0.0249.